The molecule has 0 unspecified atom stereocenters. The number of rotatable bonds is 5. The van der Waals surface area contributed by atoms with Gasteiger partial charge in [0.2, 0.25) is 0 Å². The summed E-state index contributed by atoms with van der Waals surface area (Å²) in [6.45, 7) is 0.376. The minimum Gasteiger partial charge on any atom is -0.322 e. The van der Waals surface area contributed by atoms with Gasteiger partial charge in [0.15, 0.2) is 0 Å². The molecule has 0 bridgehead atoms. The molecule has 0 aliphatic rings. The maximum atomic E-state index is 13.9. The van der Waals surface area contributed by atoms with Crippen molar-refractivity contribution in [3.05, 3.63) is 137 Å². The van der Waals surface area contributed by atoms with Crippen molar-refractivity contribution in [2.45, 2.75) is 6.54 Å². The normalized spacial score (nSPS) is 10.8. The highest BCUT2D eigenvalue weighted by atomic mass is 16.2. The van der Waals surface area contributed by atoms with Crippen LogP contribution in [-0.4, -0.2) is 10.5 Å². The molecule has 5 aromatic rings. The fourth-order valence-electron chi connectivity index (χ4n) is 4.16. The van der Waals surface area contributed by atoms with E-state index < -0.39 is 5.91 Å². The summed E-state index contributed by atoms with van der Waals surface area (Å²) in [5, 5.41) is 3.77. The van der Waals surface area contributed by atoms with Crippen molar-refractivity contribution in [1.82, 2.24) is 4.57 Å². The van der Waals surface area contributed by atoms with E-state index in [0.717, 1.165) is 22.0 Å². The Hall–Kier alpha value is -4.44. The number of pyridine rings is 1. The molecule has 4 nitrogen and oxygen atoms in total. The second-order valence-corrected chi connectivity index (χ2v) is 7.83. The van der Waals surface area contributed by atoms with Gasteiger partial charge in [-0.3, -0.25) is 9.59 Å². The van der Waals surface area contributed by atoms with E-state index in [9.17, 15) is 9.59 Å². The Balaban J connectivity index is 1.78. The van der Waals surface area contributed by atoms with E-state index in [1.54, 1.807) is 4.57 Å². The van der Waals surface area contributed by atoms with E-state index in [2.05, 4.69) is 5.32 Å². The highest BCUT2D eigenvalue weighted by Gasteiger charge is 2.23. The van der Waals surface area contributed by atoms with Crippen LogP contribution in [0.25, 0.3) is 22.0 Å². The molecular formula is C29H22N2O2. The lowest BCUT2D eigenvalue weighted by molar-refractivity contribution is 0.102. The van der Waals surface area contributed by atoms with Gasteiger partial charge in [-0.2, -0.15) is 0 Å². The number of carbonyl (C=O) groups is 1. The topological polar surface area (TPSA) is 51.1 Å². The van der Waals surface area contributed by atoms with Gasteiger partial charge in [0, 0.05) is 16.6 Å². The molecule has 0 atom stereocenters. The molecule has 1 N–H and O–H groups in total. The Morgan fingerprint density at radius 2 is 1.27 bits per heavy atom. The average Bonchev–Trinajstić information content (AvgIpc) is 2.87. The van der Waals surface area contributed by atoms with Crippen LogP contribution in [-0.2, 0) is 6.54 Å². The molecule has 0 saturated carbocycles. The number of carbonyl (C=O) groups excluding carboxylic acids is 1. The van der Waals surface area contributed by atoms with Gasteiger partial charge in [-0.1, -0.05) is 97.1 Å². The van der Waals surface area contributed by atoms with Crippen molar-refractivity contribution in [2.24, 2.45) is 0 Å². The van der Waals surface area contributed by atoms with Gasteiger partial charge in [-0.15, -0.1) is 0 Å². The number of nitrogens with one attached hydrogen (secondary N) is 1. The summed E-state index contributed by atoms with van der Waals surface area (Å²) in [7, 11) is 0. The van der Waals surface area contributed by atoms with Crippen molar-refractivity contribution in [2.75, 3.05) is 5.32 Å². The summed E-state index contributed by atoms with van der Waals surface area (Å²) < 4.78 is 1.69. The molecule has 0 aliphatic heterocycles. The Morgan fingerprint density at radius 1 is 0.697 bits per heavy atom. The molecule has 5 rings (SSSR count). The maximum absolute atomic E-state index is 13.9. The highest BCUT2D eigenvalue weighted by Crippen LogP contribution is 2.31. The molecule has 160 valence electrons. The standard InChI is InChI=1S/C29H22N2O2/c32-28(30-23-16-8-3-9-17-23)27-26(22-14-6-2-7-15-22)24-18-10-11-19-25(24)31(29(27)33)20-21-12-4-1-5-13-21/h1-19H,20H2,(H,30,32). The third-order valence-corrected chi connectivity index (χ3v) is 5.68. The quantitative estimate of drug-likeness (QED) is 0.373. The molecule has 1 heterocycles. The van der Waals surface area contributed by atoms with Crippen LogP contribution in [0.15, 0.2) is 120 Å². The van der Waals surface area contributed by atoms with Crippen LogP contribution in [0.3, 0.4) is 0 Å². The minimum atomic E-state index is -0.419. The molecule has 1 amide bonds. The van der Waals surface area contributed by atoms with Crippen LogP contribution in [0.1, 0.15) is 15.9 Å². The summed E-state index contributed by atoms with van der Waals surface area (Å²) in [6.07, 6.45) is 0. The van der Waals surface area contributed by atoms with E-state index >= 15 is 0 Å². The molecule has 4 heteroatoms. The molecule has 33 heavy (non-hydrogen) atoms. The number of fused-ring (bicyclic) bond motifs is 1. The summed E-state index contributed by atoms with van der Waals surface area (Å²) in [5.74, 6) is -0.419. The number of nitrogens with zero attached hydrogens (tertiary/aromatic N) is 1. The predicted octanol–water partition coefficient (Wildman–Crippen LogP) is 5.97. The zero-order valence-corrected chi connectivity index (χ0v) is 17.9. The van der Waals surface area contributed by atoms with E-state index in [1.807, 2.05) is 115 Å². The highest BCUT2D eigenvalue weighted by molar-refractivity contribution is 6.13. The first-order chi connectivity index (χ1) is 16.2. The Bertz CT molecular complexity index is 1470. The third-order valence-electron chi connectivity index (χ3n) is 5.68. The van der Waals surface area contributed by atoms with E-state index in [1.165, 1.54) is 0 Å². The van der Waals surface area contributed by atoms with E-state index in [0.29, 0.717) is 17.8 Å². The lowest BCUT2D eigenvalue weighted by atomic mass is 9.95. The second kappa shape index (κ2) is 8.97. The van der Waals surface area contributed by atoms with Crippen LogP contribution < -0.4 is 10.9 Å². The monoisotopic (exact) mass is 430 g/mol. The van der Waals surface area contributed by atoms with Gasteiger partial charge in [0.25, 0.3) is 11.5 Å². The van der Waals surface area contributed by atoms with Crippen LogP contribution in [0.5, 0.6) is 0 Å². The Morgan fingerprint density at radius 3 is 1.97 bits per heavy atom. The SMILES string of the molecule is O=C(Nc1ccccc1)c1c(-c2ccccc2)c2ccccc2n(Cc2ccccc2)c1=O. The number of para-hydroxylation sites is 2. The number of benzene rings is 4. The number of hydrogen-bond acceptors (Lipinski definition) is 2. The summed E-state index contributed by atoms with van der Waals surface area (Å²) in [4.78, 5) is 27.5. The van der Waals surface area contributed by atoms with Gasteiger partial charge in [0.1, 0.15) is 5.56 Å². The van der Waals surface area contributed by atoms with E-state index in [-0.39, 0.29) is 11.1 Å². The Kier molecular flexibility index (Phi) is 5.56. The van der Waals surface area contributed by atoms with Gasteiger partial charge in [0.05, 0.1) is 12.1 Å². The van der Waals surface area contributed by atoms with E-state index in [4.69, 9.17) is 0 Å². The fraction of sp³-hybridized carbons (Fsp3) is 0.0345. The van der Waals surface area contributed by atoms with Crippen LogP contribution in [0.2, 0.25) is 0 Å². The van der Waals surface area contributed by atoms with Crippen LogP contribution in [0, 0.1) is 0 Å². The molecule has 0 spiro atoms. The van der Waals surface area contributed by atoms with Crippen molar-refractivity contribution in [3.63, 3.8) is 0 Å². The van der Waals surface area contributed by atoms with Crippen molar-refractivity contribution >= 4 is 22.5 Å². The number of hydrogen-bond donors (Lipinski definition) is 1. The lowest BCUT2D eigenvalue weighted by Gasteiger charge is -2.18. The van der Waals surface area contributed by atoms with Crippen molar-refractivity contribution < 1.29 is 4.79 Å². The Labute approximate surface area is 191 Å². The molecule has 0 fully saturated rings. The molecule has 0 aliphatic carbocycles. The lowest BCUT2D eigenvalue weighted by Crippen LogP contribution is -2.31. The summed E-state index contributed by atoms with van der Waals surface area (Å²) in [6, 6.07) is 36.4. The first-order valence-corrected chi connectivity index (χ1v) is 10.8. The minimum absolute atomic E-state index is 0.139. The van der Waals surface area contributed by atoms with Crippen LogP contribution in [0.4, 0.5) is 5.69 Å². The zero-order chi connectivity index (χ0) is 22.6. The summed E-state index contributed by atoms with van der Waals surface area (Å²) in [5.41, 5.74) is 3.73. The van der Waals surface area contributed by atoms with Gasteiger partial charge in [-0.05, 0) is 29.3 Å². The molecule has 0 saturated heterocycles. The van der Waals surface area contributed by atoms with Gasteiger partial charge < -0.3 is 9.88 Å². The number of aromatic nitrogens is 1. The largest absolute Gasteiger partial charge is 0.322 e. The smallest absolute Gasteiger partial charge is 0.264 e. The van der Waals surface area contributed by atoms with Gasteiger partial charge in [-0.25, -0.2) is 0 Å². The van der Waals surface area contributed by atoms with Crippen molar-refractivity contribution in [3.8, 4) is 11.1 Å². The number of anilines is 1. The summed E-state index contributed by atoms with van der Waals surface area (Å²) >= 11 is 0. The molecule has 4 aromatic carbocycles. The second-order valence-electron chi connectivity index (χ2n) is 7.83. The average molecular weight is 431 g/mol. The number of amides is 1. The van der Waals surface area contributed by atoms with Crippen molar-refractivity contribution in [1.29, 1.82) is 0 Å². The first kappa shape index (κ1) is 20.5. The van der Waals surface area contributed by atoms with Crippen LogP contribution >= 0.6 is 0 Å². The first-order valence-electron chi connectivity index (χ1n) is 10.8. The van der Waals surface area contributed by atoms with Gasteiger partial charge >= 0.3 is 0 Å². The maximum Gasteiger partial charge on any atom is 0.264 e. The third kappa shape index (κ3) is 4.06. The fourth-order valence-corrected chi connectivity index (χ4v) is 4.16. The molecule has 0 radical (unpaired) electrons. The zero-order valence-electron chi connectivity index (χ0n) is 17.9. The predicted molar refractivity (Wildman–Crippen MR) is 134 cm³/mol. The molecular weight excluding hydrogens is 408 g/mol. The molecule has 1 aromatic heterocycles.